The van der Waals surface area contributed by atoms with Gasteiger partial charge in [0.2, 0.25) is 0 Å². The van der Waals surface area contributed by atoms with E-state index in [0.29, 0.717) is 0 Å². The molecule has 4 aromatic rings. The van der Waals surface area contributed by atoms with Crippen LogP contribution in [0.4, 0.5) is 0 Å². The molecule has 0 radical (unpaired) electrons. The maximum absolute atomic E-state index is 4.52. The van der Waals surface area contributed by atoms with E-state index in [1.54, 1.807) is 11.8 Å². The highest BCUT2D eigenvalue weighted by molar-refractivity contribution is 7.98. The summed E-state index contributed by atoms with van der Waals surface area (Å²) in [4.78, 5) is 0. The number of benzene rings is 3. The van der Waals surface area contributed by atoms with Crippen LogP contribution in [0.15, 0.2) is 84.0 Å². The van der Waals surface area contributed by atoms with Gasteiger partial charge in [0.15, 0.2) is 11.0 Å². The summed E-state index contributed by atoms with van der Waals surface area (Å²) in [6.07, 6.45) is 0. The molecular formula is C23H21N3S. The molecule has 3 nitrogen and oxygen atoms in total. The molecule has 1 heterocycles. The summed E-state index contributed by atoms with van der Waals surface area (Å²) in [6.45, 7) is 4.21. The van der Waals surface area contributed by atoms with Gasteiger partial charge in [-0.15, -0.1) is 10.2 Å². The van der Waals surface area contributed by atoms with Crippen LogP contribution in [0.5, 0.6) is 0 Å². The molecule has 0 aliphatic heterocycles. The lowest BCUT2D eigenvalue weighted by Crippen LogP contribution is -1.99. The van der Waals surface area contributed by atoms with E-state index in [-0.39, 0.29) is 0 Å². The molecule has 4 heteroatoms. The highest BCUT2D eigenvalue weighted by atomic mass is 32.2. The first-order valence-electron chi connectivity index (χ1n) is 8.97. The number of hydrogen-bond acceptors (Lipinski definition) is 3. The molecule has 0 unspecified atom stereocenters. The first-order valence-corrected chi connectivity index (χ1v) is 9.95. The Balaban J connectivity index is 1.72. The smallest absolute Gasteiger partial charge is 0.196 e. The van der Waals surface area contributed by atoms with Gasteiger partial charge in [0.1, 0.15) is 0 Å². The van der Waals surface area contributed by atoms with E-state index in [4.69, 9.17) is 0 Å². The summed E-state index contributed by atoms with van der Waals surface area (Å²) in [5.74, 6) is 1.73. The zero-order chi connectivity index (χ0) is 18.6. The maximum Gasteiger partial charge on any atom is 0.196 e. The molecule has 0 atom stereocenters. The van der Waals surface area contributed by atoms with Gasteiger partial charge in [0.05, 0.1) is 0 Å². The fourth-order valence-corrected chi connectivity index (χ4v) is 3.88. The van der Waals surface area contributed by atoms with Gasteiger partial charge in [-0.25, -0.2) is 0 Å². The predicted molar refractivity (Wildman–Crippen MR) is 112 cm³/mol. The first-order chi connectivity index (χ1) is 13.2. The Morgan fingerprint density at radius 1 is 0.778 bits per heavy atom. The Hall–Kier alpha value is -2.85. The summed E-state index contributed by atoms with van der Waals surface area (Å²) >= 11 is 1.71. The monoisotopic (exact) mass is 371 g/mol. The molecule has 3 aromatic carbocycles. The van der Waals surface area contributed by atoms with Crippen molar-refractivity contribution in [2.45, 2.75) is 24.8 Å². The number of nitrogens with zero attached hydrogens (tertiary/aromatic N) is 3. The molecule has 1 aromatic heterocycles. The van der Waals surface area contributed by atoms with Crippen molar-refractivity contribution in [1.29, 1.82) is 0 Å². The van der Waals surface area contributed by atoms with Crippen LogP contribution in [0.25, 0.3) is 17.1 Å². The van der Waals surface area contributed by atoms with Crippen LogP contribution in [0.1, 0.15) is 16.7 Å². The van der Waals surface area contributed by atoms with Gasteiger partial charge < -0.3 is 0 Å². The largest absolute Gasteiger partial charge is 0.270 e. The minimum atomic E-state index is 0.860. The quantitative estimate of drug-likeness (QED) is 0.413. The van der Waals surface area contributed by atoms with E-state index < -0.39 is 0 Å². The highest BCUT2D eigenvalue weighted by Gasteiger charge is 2.16. The van der Waals surface area contributed by atoms with E-state index in [0.717, 1.165) is 28.0 Å². The predicted octanol–water partition coefficient (Wildman–Crippen LogP) is 5.84. The summed E-state index contributed by atoms with van der Waals surface area (Å²) < 4.78 is 2.15. The average Bonchev–Trinajstić information content (AvgIpc) is 3.12. The minimum absolute atomic E-state index is 0.860. The van der Waals surface area contributed by atoms with Crippen LogP contribution in [-0.2, 0) is 5.75 Å². The van der Waals surface area contributed by atoms with Crippen LogP contribution < -0.4 is 0 Å². The van der Waals surface area contributed by atoms with Gasteiger partial charge in [-0.2, -0.15) is 0 Å². The Labute approximate surface area is 164 Å². The molecule has 0 bridgehead atoms. The van der Waals surface area contributed by atoms with Crippen molar-refractivity contribution >= 4 is 11.8 Å². The normalized spacial score (nSPS) is 10.9. The van der Waals surface area contributed by atoms with Crippen molar-refractivity contribution in [3.05, 3.63) is 95.6 Å². The summed E-state index contributed by atoms with van der Waals surface area (Å²) in [7, 11) is 0. The molecule has 0 spiro atoms. The Morgan fingerprint density at radius 2 is 1.56 bits per heavy atom. The fraction of sp³-hybridized carbons (Fsp3) is 0.130. The van der Waals surface area contributed by atoms with Gasteiger partial charge >= 0.3 is 0 Å². The Morgan fingerprint density at radius 3 is 2.30 bits per heavy atom. The second-order valence-electron chi connectivity index (χ2n) is 6.62. The van der Waals surface area contributed by atoms with Crippen LogP contribution in [0.2, 0.25) is 0 Å². The standard InChI is InChI=1S/C23H21N3S/c1-17-11-13-19(14-12-17)16-27-23-25-24-22(20-8-6-7-18(2)15-20)26(23)21-9-4-3-5-10-21/h3-15H,16H2,1-2H3. The lowest BCUT2D eigenvalue weighted by molar-refractivity contribution is 0.886. The molecule has 0 saturated heterocycles. The van der Waals surface area contributed by atoms with E-state index in [1.807, 2.05) is 18.2 Å². The lowest BCUT2D eigenvalue weighted by Gasteiger charge is -2.11. The van der Waals surface area contributed by atoms with E-state index >= 15 is 0 Å². The topological polar surface area (TPSA) is 30.7 Å². The van der Waals surface area contributed by atoms with Crippen LogP contribution in [0, 0.1) is 13.8 Å². The molecule has 0 saturated carbocycles. The summed E-state index contributed by atoms with van der Waals surface area (Å²) in [5, 5.41) is 9.93. The summed E-state index contributed by atoms with van der Waals surface area (Å²) in [5.41, 5.74) is 5.92. The van der Waals surface area contributed by atoms with Crippen LogP contribution in [-0.4, -0.2) is 14.8 Å². The number of hydrogen-bond donors (Lipinski definition) is 0. The third-order valence-corrected chi connectivity index (χ3v) is 5.41. The molecule has 0 aliphatic rings. The number of para-hydroxylation sites is 1. The Bertz CT molecular complexity index is 1040. The summed E-state index contributed by atoms with van der Waals surface area (Å²) in [6, 6.07) is 27.4. The zero-order valence-corrected chi connectivity index (χ0v) is 16.3. The van der Waals surface area contributed by atoms with Gasteiger partial charge in [-0.3, -0.25) is 4.57 Å². The van der Waals surface area contributed by atoms with Gasteiger partial charge in [-0.1, -0.05) is 83.6 Å². The molecule has 134 valence electrons. The Kier molecular flexibility index (Phi) is 5.07. The van der Waals surface area contributed by atoms with E-state index in [1.165, 1.54) is 16.7 Å². The molecular weight excluding hydrogens is 350 g/mol. The first kappa shape index (κ1) is 17.6. The molecule has 0 N–H and O–H groups in total. The third kappa shape index (κ3) is 3.96. The molecule has 0 aliphatic carbocycles. The van der Waals surface area contributed by atoms with Crippen LogP contribution in [0.3, 0.4) is 0 Å². The maximum atomic E-state index is 4.52. The number of aromatic nitrogens is 3. The molecule has 0 amide bonds. The molecule has 4 rings (SSSR count). The van der Waals surface area contributed by atoms with Gasteiger partial charge in [0, 0.05) is 17.0 Å². The van der Waals surface area contributed by atoms with Gasteiger partial charge in [-0.05, 0) is 37.6 Å². The van der Waals surface area contributed by atoms with Crippen molar-refractivity contribution in [3.63, 3.8) is 0 Å². The van der Waals surface area contributed by atoms with Crippen molar-refractivity contribution in [2.24, 2.45) is 0 Å². The van der Waals surface area contributed by atoms with Crippen molar-refractivity contribution in [2.75, 3.05) is 0 Å². The molecule has 0 fully saturated rings. The minimum Gasteiger partial charge on any atom is -0.270 e. The van der Waals surface area contributed by atoms with E-state index in [9.17, 15) is 0 Å². The highest BCUT2D eigenvalue weighted by Crippen LogP contribution is 2.30. The van der Waals surface area contributed by atoms with E-state index in [2.05, 4.69) is 89.3 Å². The third-order valence-electron chi connectivity index (χ3n) is 4.41. The number of thioether (sulfide) groups is 1. The number of aryl methyl sites for hydroxylation is 2. The van der Waals surface area contributed by atoms with Crippen molar-refractivity contribution in [1.82, 2.24) is 14.8 Å². The van der Waals surface area contributed by atoms with Crippen molar-refractivity contribution < 1.29 is 0 Å². The van der Waals surface area contributed by atoms with Crippen molar-refractivity contribution in [3.8, 4) is 17.1 Å². The second-order valence-corrected chi connectivity index (χ2v) is 7.56. The van der Waals surface area contributed by atoms with Gasteiger partial charge in [0.25, 0.3) is 0 Å². The second kappa shape index (κ2) is 7.80. The zero-order valence-electron chi connectivity index (χ0n) is 15.5. The van der Waals surface area contributed by atoms with Crippen LogP contribution >= 0.6 is 11.8 Å². The average molecular weight is 372 g/mol. The molecule has 27 heavy (non-hydrogen) atoms. The lowest BCUT2D eigenvalue weighted by atomic mass is 10.1. The SMILES string of the molecule is Cc1ccc(CSc2nnc(-c3cccc(C)c3)n2-c2ccccc2)cc1. The number of rotatable bonds is 5. The fourth-order valence-electron chi connectivity index (χ4n) is 2.98.